The summed E-state index contributed by atoms with van der Waals surface area (Å²) < 4.78 is 37.7. The maximum absolute atomic E-state index is 12.6. The summed E-state index contributed by atoms with van der Waals surface area (Å²) >= 11 is 0. The molecule has 0 saturated heterocycles. The molecule has 1 N–H and O–H groups in total. The Morgan fingerprint density at radius 2 is 1.57 bits per heavy atom. The Hall–Kier alpha value is -1.81. The van der Waals surface area contributed by atoms with E-state index in [1.165, 1.54) is 0 Å². The van der Waals surface area contributed by atoms with Gasteiger partial charge < -0.3 is 5.32 Å². The Morgan fingerprint density at radius 3 is 2.10 bits per heavy atom. The third kappa shape index (κ3) is 4.33. The number of benzene rings is 2. The third-order valence-corrected chi connectivity index (χ3v) is 3.37. The SMILES string of the molecule is CCNC(Cc1ccc(C(F)(F)F)cc1)c1ccccc1. The van der Waals surface area contributed by atoms with Crippen LogP contribution in [0.3, 0.4) is 0 Å². The van der Waals surface area contributed by atoms with E-state index in [-0.39, 0.29) is 6.04 Å². The van der Waals surface area contributed by atoms with E-state index < -0.39 is 11.7 Å². The summed E-state index contributed by atoms with van der Waals surface area (Å²) in [6, 6.07) is 15.4. The zero-order valence-electron chi connectivity index (χ0n) is 11.8. The monoisotopic (exact) mass is 293 g/mol. The van der Waals surface area contributed by atoms with Crippen molar-refractivity contribution in [3.8, 4) is 0 Å². The maximum atomic E-state index is 12.6. The molecular formula is C17H18F3N. The highest BCUT2D eigenvalue weighted by Gasteiger charge is 2.30. The van der Waals surface area contributed by atoms with Crippen molar-refractivity contribution in [1.29, 1.82) is 0 Å². The number of hydrogen-bond acceptors (Lipinski definition) is 1. The Labute approximate surface area is 122 Å². The quantitative estimate of drug-likeness (QED) is 0.849. The smallest absolute Gasteiger partial charge is 0.310 e. The maximum Gasteiger partial charge on any atom is 0.416 e. The van der Waals surface area contributed by atoms with E-state index in [4.69, 9.17) is 0 Å². The summed E-state index contributed by atoms with van der Waals surface area (Å²) in [6.07, 6.45) is -3.62. The van der Waals surface area contributed by atoms with E-state index in [9.17, 15) is 13.2 Å². The van der Waals surface area contributed by atoms with Crippen molar-refractivity contribution in [1.82, 2.24) is 5.32 Å². The Balaban J connectivity index is 2.14. The van der Waals surface area contributed by atoms with Crippen molar-refractivity contribution >= 4 is 0 Å². The van der Waals surface area contributed by atoms with Crippen LogP contribution in [-0.2, 0) is 12.6 Å². The Morgan fingerprint density at radius 1 is 0.952 bits per heavy atom. The van der Waals surface area contributed by atoms with Crippen molar-refractivity contribution in [3.63, 3.8) is 0 Å². The lowest BCUT2D eigenvalue weighted by molar-refractivity contribution is -0.137. The summed E-state index contributed by atoms with van der Waals surface area (Å²) in [4.78, 5) is 0. The molecule has 0 aliphatic carbocycles. The van der Waals surface area contributed by atoms with Crippen LogP contribution in [0.2, 0.25) is 0 Å². The third-order valence-electron chi connectivity index (χ3n) is 3.37. The minimum Gasteiger partial charge on any atom is -0.310 e. The predicted molar refractivity (Wildman–Crippen MR) is 78.0 cm³/mol. The van der Waals surface area contributed by atoms with Crippen LogP contribution in [0.5, 0.6) is 0 Å². The molecule has 112 valence electrons. The molecule has 2 aromatic rings. The van der Waals surface area contributed by atoms with Gasteiger partial charge in [0.1, 0.15) is 0 Å². The van der Waals surface area contributed by atoms with E-state index in [1.807, 2.05) is 37.3 Å². The molecule has 1 atom stereocenters. The molecule has 1 unspecified atom stereocenters. The number of nitrogens with one attached hydrogen (secondary N) is 1. The lowest BCUT2D eigenvalue weighted by atomic mass is 9.98. The van der Waals surface area contributed by atoms with Gasteiger partial charge in [-0.2, -0.15) is 13.2 Å². The first-order chi connectivity index (χ1) is 10.0. The molecule has 1 nitrogen and oxygen atoms in total. The largest absolute Gasteiger partial charge is 0.416 e. The molecule has 0 aromatic heterocycles. The Bertz CT molecular complexity index is 546. The summed E-state index contributed by atoms with van der Waals surface area (Å²) in [5.74, 6) is 0. The molecule has 0 amide bonds. The fourth-order valence-electron chi connectivity index (χ4n) is 2.31. The number of hydrogen-bond donors (Lipinski definition) is 1. The molecule has 21 heavy (non-hydrogen) atoms. The van der Waals surface area contributed by atoms with Gasteiger partial charge in [0.2, 0.25) is 0 Å². The van der Waals surface area contributed by atoms with Crippen LogP contribution >= 0.6 is 0 Å². The number of likely N-dealkylation sites (N-methyl/N-ethyl adjacent to an activating group) is 1. The average molecular weight is 293 g/mol. The van der Waals surface area contributed by atoms with Gasteiger partial charge in [0.25, 0.3) is 0 Å². The summed E-state index contributed by atoms with van der Waals surface area (Å²) in [5, 5.41) is 3.37. The standard InChI is InChI=1S/C17H18F3N/c1-2-21-16(14-6-4-3-5-7-14)12-13-8-10-15(11-9-13)17(18,19)20/h3-11,16,21H,2,12H2,1H3. The van der Waals surface area contributed by atoms with Gasteiger partial charge in [0.15, 0.2) is 0 Å². The molecule has 2 rings (SSSR count). The van der Waals surface area contributed by atoms with Gasteiger partial charge in [-0.3, -0.25) is 0 Å². The topological polar surface area (TPSA) is 12.0 Å². The van der Waals surface area contributed by atoms with Crippen molar-refractivity contribution in [3.05, 3.63) is 71.3 Å². The lowest BCUT2D eigenvalue weighted by Crippen LogP contribution is -2.22. The van der Waals surface area contributed by atoms with Crippen LogP contribution in [0.1, 0.15) is 29.7 Å². The highest BCUT2D eigenvalue weighted by Crippen LogP contribution is 2.29. The minimum atomic E-state index is -4.28. The molecule has 0 heterocycles. The second-order valence-corrected chi connectivity index (χ2v) is 4.92. The van der Waals surface area contributed by atoms with Gasteiger partial charge in [-0.05, 0) is 36.2 Å². The number of alkyl halides is 3. The summed E-state index contributed by atoms with van der Waals surface area (Å²) in [7, 11) is 0. The molecule has 4 heteroatoms. The second-order valence-electron chi connectivity index (χ2n) is 4.92. The predicted octanol–water partition coefficient (Wildman–Crippen LogP) is 4.60. The van der Waals surface area contributed by atoms with Gasteiger partial charge in [0, 0.05) is 6.04 Å². The molecule has 2 aromatic carbocycles. The Kier molecular flexibility index (Phi) is 5.02. The summed E-state index contributed by atoms with van der Waals surface area (Å²) in [6.45, 7) is 2.82. The molecule has 0 radical (unpaired) electrons. The molecule has 0 saturated carbocycles. The molecule has 0 aliphatic heterocycles. The fraction of sp³-hybridized carbons (Fsp3) is 0.294. The summed E-state index contributed by atoms with van der Waals surface area (Å²) in [5.41, 5.74) is 1.42. The second kappa shape index (κ2) is 6.76. The molecule has 0 spiro atoms. The first-order valence-electron chi connectivity index (χ1n) is 6.95. The molecule has 0 aliphatic rings. The van der Waals surface area contributed by atoms with Crippen LogP contribution in [-0.4, -0.2) is 6.54 Å². The van der Waals surface area contributed by atoms with E-state index in [2.05, 4.69) is 5.32 Å². The van der Waals surface area contributed by atoms with E-state index in [0.717, 1.165) is 29.8 Å². The van der Waals surface area contributed by atoms with E-state index in [0.29, 0.717) is 6.42 Å². The van der Waals surface area contributed by atoms with Crippen molar-refractivity contribution in [2.45, 2.75) is 25.6 Å². The molecule has 0 fully saturated rings. The van der Waals surface area contributed by atoms with Crippen LogP contribution in [0, 0.1) is 0 Å². The van der Waals surface area contributed by atoms with Crippen molar-refractivity contribution in [2.24, 2.45) is 0 Å². The van der Waals surface area contributed by atoms with Gasteiger partial charge in [-0.15, -0.1) is 0 Å². The normalized spacial score (nSPS) is 13.1. The zero-order valence-corrected chi connectivity index (χ0v) is 11.8. The molecular weight excluding hydrogens is 275 g/mol. The fourth-order valence-corrected chi connectivity index (χ4v) is 2.31. The van der Waals surface area contributed by atoms with Crippen molar-refractivity contribution < 1.29 is 13.2 Å². The van der Waals surface area contributed by atoms with Crippen LogP contribution in [0.15, 0.2) is 54.6 Å². The minimum absolute atomic E-state index is 0.105. The van der Waals surface area contributed by atoms with Gasteiger partial charge in [-0.25, -0.2) is 0 Å². The average Bonchev–Trinajstić information content (AvgIpc) is 2.47. The van der Waals surface area contributed by atoms with E-state index >= 15 is 0 Å². The molecule has 0 bridgehead atoms. The van der Waals surface area contributed by atoms with Crippen LogP contribution in [0.25, 0.3) is 0 Å². The lowest BCUT2D eigenvalue weighted by Gasteiger charge is -2.19. The first kappa shape index (κ1) is 15.6. The van der Waals surface area contributed by atoms with Crippen molar-refractivity contribution in [2.75, 3.05) is 6.54 Å². The number of rotatable bonds is 5. The van der Waals surface area contributed by atoms with Gasteiger partial charge >= 0.3 is 6.18 Å². The zero-order chi connectivity index (χ0) is 15.3. The first-order valence-corrected chi connectivity index (χ1v) is 6.95. The number of halogens is 3. The van der Waals surface area contributed by atoms with Gasteiger partial charge in [0.05, 0.1) is 5.56 Å². The highest BCUT2D eigenvalue weighted by molar-refractivity contribution is 5.27. The van der Waals surface area contributed by atoms with E-state index in [1.54, 1.807) is 12.1 Å². The van der Waals surface area contributed by atoms with Gasteiger partial charge in [-0.1, -0.05) is 49.4 Å². The van der Waals surface area contributed by atoms with Crippen LogP contribution < -0.4 is 5.32 Å². The highest BCUT2D eigenvalue weighted by atomic mass is 19.4. The van der Waals surface area contributed by atoms with Crippen LogP contribution in [0.4, 0.5) is 13.2 Å².